The maximum atomic E-state index is 6.61. The van der Waals surface area contributed by atoms with Crippen molar-refractivity contribution in [2.75, 3.05) is 14.1 Å². The smallest absolute Gasteiger partial charge is 0.0834 e. The largest absolute Gasteiger partial charge is 0.321 e. The van der Waals surface area contributed by atoms with Gasteiger partial charge in [0.15, 0.2) is 0 Å². The molecule has 0 radical (unpaired) electrons. The molecular formula is C14H25ClN4. The van der Waals surface area contributed by atoms with Crippen LogP contribution in [0.25, 0.3) is 0 Å². The van der Waals surface area contributed by atoms with E-state index in [4.69, 9.17) is 17.3 Å². The summed E-state index contributed by atoms with van der Waals surface area (Å²) in [5, 5.41) is 4.90. The van der Waals surface area contributed by atoms with Crippen LogP contribution in [-0.4, -0.2) is 34.3 Å². The average Bonchev–Trinajstić information content (AvgIpc) is 2.69. The Morgan fingerprint density at radius 3 is 2.47 bits per heavy atom. The van der Waals surface area contributed by atoms with Crippen molar-refractivity contribution in [2.24, 2.45) is 18.7 Å². The molecule has 1 atom stereocenters. The minimum Gasteiger partial charge on any atom is -0.321 e. The predicted octanol–water partition coefficient (Wildman–Crippen LogP) is 2.58. The molecule has 1 fully saturated rings. The van der Waals surface area contributed by atoms with Crippen LogP contribution in [-0.2, 0) is 7.05 Å². The molecule has 1 aliphatic carbocycles. The number of likely N-dealkylation sites (N-methyl/N-ethyl adjacent to an activating group) is 1. The van der Waals surface area contributed by atoms with E-state index in [2.05, 4.69) is 31.0 Å². The zero-order valence-electron chi connectivity index (χ0n) is 12.4. The summed E-state index contributed by atoms with van der Waals surface area (Å²) in [6.45, 7) is 2.32. The van der Waals surface area contributed by atoms with Crippen molar-refractivity contribution in [1.82, 2.24) is 14.7 Å². The SMILES string of the molecule is CC1CCC(C(N)c2c(Cl)cnn2C)(N(C)C)CC1. The van der Waals surface area contributed by atoms with E-state index >= 15 is 0 Å². The van der Waals surface area contributed by atoms with E-state index in [0.29, 0.717) is 5.02 Å². The van der Waals surface area contributed by atoms with Gasteiger partial charge in [0.1, 0.15) is 0 Å². The van der Waals surface area contributed by atoms with Crippen LogP contribution < -0.4 is 5.73 Å². The summed E-state index contributed by atoms with van der Waals surface area (Å²) < 4.78 is 1.82. The second kappa shape index (κ2) is 5.43. The van der Waals surface area contributed by atoms with Crippen molar-refractivity contribution in [2.45, 2.75) is 44.2 Å². The van der Waals surface area contributed by atoms with Crippen molar-refractivity contribution in [3.8, 4) is 0 Å². The zero-order chi connectivity index (χ0) is 14.2. The fourth-order valence-electron chi connectivity index (χ4n) is 3.32. The first-order valence-electron chi connectivity index (χ1n) is 6.99. The van der Waals surface area contributed by atoms with Crippen molar-refractivity contribution < 1.29 is 0 Å². The summed E-state index contributed by atoms with van der Waals surface area (Å²) in [5.41, 5.74) is 7.55. The Morgan fingerprint density at radius 1 is 1.47 bits per heavy atom. The van der Waals surface area contributed by atoms with Crippen LogP contribution in [0.1, 0.15) is 44.3 Å². The Morgan fingerprint density at radius 2 is 2.05 bits per heavy atom. The van der Waals surface area contributed by atoms with Crippen LogP contribution in [0.3, 0.4) is 0 Å². The number of halogens is 1. The number of nitrogens with two attached hydrogens (primary N) is 1. The molecule has 2 N–H and O–H groups in total. The summed E-state index contributed by atoms with van der Waals surface area (Å²) in [5.74, 6) is 0.794. The van der Waals surface area contributed by atoms with Crippen LogP contribution >= 0.6 is 11.6 Å². The van der Waals surface area contributed by atoms with Crippen LogP contribution in [0.2, 0.25) is 5.02 Å². The molecular weight excluding hydrogens is 260 g/mol. The van der Waals surface area contributed by atoms with Gasteiger partial charge in [0.25, 0.3) is 0 Å². The molecule has 1 aromatic rings. The number of aryl methyl sites for hydroxylation is 1. The Labute approximate surface area is 120 Å². The molecule has 0 amide bonds. The highest BCUT2D eigenvalue weighted by Gasteiger charge is 2.43. The lowest BCUT2D eigenvalue weighted by molar-refractivity contribution is 0.0540. The molecule has 0 bridgehead atoms. The van der Waals surface area contributed by atoms with Gasteiger partial charge in [-0.2, -0.15) is 5.10 Å². The van der Waals surface area contributed by atoms with Gasteiger partial charge in [0, 0.05) is 12.6 Å². The Bertz CT molecular complexity index is 413. The zero-order valence-corrected chi connectivity index (χ0v) is 13.1. The molecule has 1 aliphatic rings. The maximum Gasteiger partial charge on any atom is 0.0834 e. The van der Waals surface area contributed by atoms with E-state index in [1.165, 1.54) is 12.8 Å². The molecule has 19 heavy (non-hydrogen) atoms. The van der Waals surface area contributed by atoms with E-state index in [-0.39, 0.29) is 11.6 Å². The monoisotopic (exact) mass is 284 g/mol. The second-order valence-corrected chi connectivity index (χ2v) is 6.57. The topological polar surface area (TPSA) is 47.1 Å². The second-order valence-electron chi connectivity index (χ2n) is 6.16. The van der Waals surface area contributed by atoms with Gasteiger partial charge in [-0.05, 0) is 45.7 Å². The summed E-state index contributed by atoms with van der Waals surface area (Å²) in [7, 11) is 6.16. The molecule has 1 aromatic heterocycles. The summed E-state index contributed by atoms with van der Waals surface area (Å²) >= 11 is 6.27. The lowest BCUT2D eigenvalue weighted by atomic mass is 9.71. The Hall–Kier alpha value is -0.580. The molecule has 4 nitrogen and oxygen atoms in total. The molecule has 1 unspecified atom stereocenters. The molecule has 1 heterocycles. The molecule has 0 saturated heterocycles. The normalized spacial score (nSPS) is 29.7. The van der Waals surface area contributed by atoms with E-state index in [0.717, 1.165) is 24.5 Å². The van der Waals surface area contributed by atoms with Crippen LogP contribution in [0.4, 0.5) is 0 Å². The third kappa shape index (κ3) is 2.54. The number of rotatable bonds is 3. The third-order valence-corrected chi connectivity index (χ3v) is 5.13. The van der Waals surface area contributed by atoms with Gasteiger partial charge in [0.2, 0.25) is 0 Å². The average molecular weight is 285 g/mol. The fraction of sp³-hybridized carbons (Fsp3) is 0.786. The first kappa shape index (κ1) is 14.8. The Balaban J connectivity index is 2.35. The summed E-state index contributed by atoms with van der Waals surface area (Å²) in [4.78, 5) is 2.28. The van der Waals surface area contributed by atoms with E-state index in [9.17, 15) is 0 Å². The van der Waals surface area contributed by atoms with Gasteiger partial charge < -0.3 is 10.6 Å². The van der Waals surface area contributed by atoms with E-state index in [1.54, 1.807) is 6.20 Å². The standard InChI is InChI=1S/C14H25ClN4/c1-10-5-7-14(8-6-10,18(2)3)13(16)12-11(15)9-17-19(12)4/h9-10,13H,5-8,16H2,1-4H3. The molecule has 5 heteroatoms. The maximum absolute atomic E-state index is 6.61. The van der Waals surface area contributed by atoms with Crippen molar-refractivity contribution in [1.29, 1.82) is 0 Å². The molecule has 0 spiro atoms. The first-order valence-corrected chi connectivity index (χ1v) is 7.36. The molecule has 0 aromatic carbocycles. The van der Waals surface area contributed by atoms with Crippen LogP contribution in [0, 0.1) is 5.92 Å². The summed E-state index contributed by atoms with van der Waals surface area (Å²) in [6.07, 6.45) is 6.36. The van der Waals surface area contributed by atoms with E-state index < -0.39 is 0 Å². The fourth-order valence-corrected chi connectivity index (χ4v) is 3.61. The number of hydrogen-bond acceptors (Lipinski definition) is 3. The number of nitrogens with zero attached hydrogens (tertiary/aromatic N) is 3. The van der Waals surface area contributed by atoms with Crippen molar-refractivity contribution >= 4 is 11.6 Å². The first-order chi connectivity index (χ1) is 8.88. The van der Waals surface area contributed by atoms with Gasteiger partial charge in [-0.15, -0.1) is 0 Å². The summed E-state index contributed by atoms with van der Waals surface area (Å²) in [6, 6.07) is -0.102. The van der Waals surface area contributed by atoms with Gasteiger partial charge in [-0.25, -0.2) is 0 Å². The molecule has 0 aliphatic heterocycles. The van der Waals surface area contributed by atoms with Crippen molar-refractivity contribution in [3.63, 3.8) is 0 Å². The lowest BCUT2D eigenvalue weighted by Gasteiger charge is -2.48. The minimum absolute atomic E-state index is 0.00998. The highest BCUT2D eigenvalue weighted by Crippen LogP contribution is 2.43. The van der Waals surface area contributed by atoms with Crippen LogP contribution in [0.15, 0.2) is 6.20 Å². The molecule has 1 saturated carbocycles. The van der Waals surface area contributed by atoms with Crippen molar-refractivity contribution in [3.05, 3.63) is 16.9 Å². The minimum atomic E-state index is -0.102. The van der Waals surface area contributed by atoms with E-state index in [1.807, 2.05) is 11.7 Å². The lowest BCUT2D eigenvalue weighted by Crippen LogP contribution is -2.54. The number of aromatic nitrogens is 2. The highest BCUT2D eigenvalue weighted by molar-refractivity contribution is 6.31. The van der Waals surface area contributed by atoms with Gasteiger partial charge in [0.05, 0.1) is 23.0 Å². The quantitative estimate of drug-likeness (QED) is 0.928. The van der Waals surface area contributed by atoms with Gasteiger partial charge >= 0.3 is 0 Å². The molecule has 2 rings (SSSR count). The predicted molar refractivity (Wildman–Crippen MR) is 79.2 cm³/mol. The molecule has 108 valence electrons. The van der Waals surface area contributed by atoms with Gasteiger partial charge in [-0.3, -0.25) is 4.68 Å². The van der Waals surface area contributed by atoms with Crippen LogP contribution in [0.5, 0.6) is 0 Å². The van der Waals surface area contributed by atoms with Gasteiger partial charge in [-0.1, -0.05) is 18.5 Å². The Kier molecular flexibility index (Phi) is 4.23. The highest BCUT2D eigenvalue weighted by atomic mass is 35.5. The number of hydrogen-bond donors (Lipinski definition) is 1. The third-order valence-electron chi connectivity index (χ3n) is 4.84.